The molecule has 0 saturated carbocycles. The molecule has 5 heteroatoms. The lowest BCUT2D eigenvalue weighted by Gasteiger charge is -2.15. The highest BCUT2D eigenvalue weighted by atomic mass is 16.7. The molecule has 0 fully saturated rings. The zero-order chi connectivity index (χ0) is 22.5. The van der Waals surface area contributed by atoms with Gasteiger partial charge in [0.25, 0.3) is 0 Å². The molecule has 5 aromatic rings. The highest BCUT2D eigenvalue weighted by molar-refractivity contribution is 6.17. The summed E-state index contributed by atoms with van der Waals surface area (Å²) in [5.74, 6) is 3.04. The van der Waals surface area contributed by atoms with Crippen molar-refractivity contribution in [2.24, 2.45) is 7.05 Å². The van der Waals surface area contributed by atoms with Gasteiger partial charge in [-0.2, -0.15) is 4.57 Å². The van der Waals surface area contributed by atoms with Gasteiger partial charge in [0.2, 0.25) is 12.3 Å². The number of nitrogens with zero attached hydrogens (tertiary/aromatic N) is 1. The fraction of sp³-hybridized carbons (Fsp3) is 0.179. The molecule has 0 amide bonds. The summed E-state index contributed by atoms with van der Waals surface area (Å²) >= 11 is 0. The van der Waals surface area contributed by atoms with Crippen LogP contribution in [0.4, 0.5) is 0 Å². The summed E-state index contributed by atoms with van der Waals surface area (Å²) in [6, 6.07) is 21.1. The molecule has 1 aromatic heterocycles. The van der Waals surface area contributed by atoms with Gasteiger partial charge in [-0.05, 0) is 53.3 Å². The summed E-state index contributed by atoms with van der Waals surface area (Å²) in [5.41, 5.74) is 3.66. The molecule has 0 aliphatic carbocycles. The summed E-state index contributed by atoms with van der Waals surface area (Å²) in [6.45, 7) is 0.256. The molecule has 0 unspecified atom stereocenters. The SMILES string of the molecule is COc1ccc2c(c[n+](C)c3c4cc5c(cc4cc(Cc4ccccc4)c23)OCO5)c1OC. The van der Waals surface area contributed by atoms with Crippen LogP contribution in [0.15, 0.2) is 66.9 Å². The van der Waals surface area contributed by atoms with Gasteiger partial charge in [0.1, 0.15) is 7.05 Å². The molecule has 1 aliphatic heterocycles. The fourth-order valence-corrected chi connectivity index (χ4v) is 5.01. The van der Waals surface area contributed by atoms with Crippen LogP contribution in [-0.4, -0.2) is 21.0 Å². The maximum absolute atomic E-state index is 5.78. The fourth-order valence-electron chi connectivity index (χ4n) is 5.01. The van der Waals surface area contributed by atoms with Crippen LogP contribution >= 0.6 is 0 Å². The molecular formula is C28H24NO4+. The van der Waals surface area contributed by atoms with Gasteiger partial charge in [-0.15, -0.1) is 0 Å². The Morgan fingerprint density at radius 1 is 0.848 bits per heavy atom. The molecule has 0 atom stereocenters. The Labute approximate surface area is 191 Å². The van der Waals surface area contributed by atoms with Gasteiger partial charge in [0, 0.05) is 5.39 Å². The van der Waals surface area contributed by atoms with E-state index in [1.54, 1.807) is 14.2 Å². The average molecular weight is 439 g/mol. The largest absolute Gasteiger partial charge is 0.493 e. The summed E-state index contributed by atoms with van der Waals surface area (Å²) in [6.07, 6.45) is 2.94. The second kappa shape index (κ2) is 7.55. The van der Waals surface area contributed by atoms with Crippen molar-refractivity contribution in [1.82, 2.24) is 0 Å². The van der Waals surface area contributed by atoms with E-state index < -0.39 is 0 Å². The normalized spacial score (nSPS) is 12.6. The second-order valence-electron chi connectivity index (χ2n) is 8.35. The molecule has 0 bridgehead atoms. The standard InChI is InChI=1S/C28H24NO4/c1-29-15-22-20(9-10-23(30-2)28(22)31-3)26-19(11-17-7-5-4-6-8-17)12-18-13-24-25(33-16-32-24)14-21(18)27(26)29/h4-10,12-15H,11,16H2,1-3H3/q+1. The average Bonchev–Trinajstić information content (AvgIpc) is 3.29. The molecule has 0 N–H and O–H groups in total. The highest BCUT2D eigenvalue weighted by Crippen LogP contribution is 2.43. The van der Waals surface area contributed by atoms with Gasteiger partial charge < -0.3 is 18.9 Å². The second-order valence-corrected chi connectivity index (χ2v) is 8.35. The number of hydrogen-bond acceptors (Lipinski definition) is 4. The van der Waals surface area contributed by atoms with E-state index in [9.17, 15) is 0 Å². The van der Waals surface area contributed by atoms with E-state index in [2.05, 4.69) is 72.4 Å². The van der Waals surface area contributed by atoms with Gasteiger partial charge in [-0.25, -0.2) is 0 Å². The third kappa shape index (κ3) is 3.04. The number of rotatable bonds is 4. The van der Waals surface area contributed by atoms with Gasteiger partial charge >= 0.3 is 0 Å². The third-order valence-electron chi connectivity index (χ3n) is 6.45. The van der Waals surface area contributed by atoms with Crippen LogP contribution in [-0.2, 0) is 13.5 Å². The van der Waals surface area contributed by atoms with Crippen LogP contribution in [0.5, 0.6) is 23.0 Å². The van der Waals surface area contributed by atoms with Crippen LogP contribution in [0.1, 0.15) is 11.1 Å². The van der Waals surface area contributed by atoms with Gasteiger partial charge in [-0.1, -0.05) is 30.3 Å². The predicted octanol–water partition coefficient (Wildman–Crippen LogP) is 5.31. The summed E-state index contributed by atoms with van der Waals surface area (Å²) in [5, 5.41) is 5.61. The Hall–Kier alpha value is -3.99. The van der Waals surface area contributed by atoms with Gasteiger partial charge in [0.15, 0.2) is 29.2 Å². The van der Waals surface area contributed by atoms with Crippen molar-refractivity contribution in [2.75, 3.05) is 21.0 Å². The van der Waals surface area contributed by atoms with Crippen molar-refractivity contribution in [3.63, 3.8) is 0 Å². The first-order chi connectivity index (χ1) is 16.2. The number of benzene rings is 4. The molecule has 0 radical (unpaired) electrons. The van der Waals surface area contributed by atoms with E-state index in [1.807, 2.05) is 6.07 Å². The molecule has 0 saturated heterocycles. The lowest BCUT2D eigenvalue weighted by atomic mass is 9.92. The zero-order valence-corrected chi connectivity index (χ0v) is 18.8. The first kappa shape index (κ1) is 19.7. The third-order valence-corrected chi connectivity index (χ3v) is 6.45. The maximum atomic E-state index is 5.78. The minimum absolute atomic E-state index is 0.256. The Bertz CT molecular complexity index is 1540. The number of hydrogen-bond donors (Lipinski definition) is 0. The molecule has 5 nitrogen and oxygen atoms in total. The molecule has 164 valence electrons. The predicted molar refractivity (Wildman–Crippen MR) is 129 cm³/mol. The minimum atomic E-state index is 0.256. The monoisotopic (exact) mass is 438 g/mol. The Morgan fingerprint density at radius 3 is 2.39 bits per heavy atom. The van der Waals surface area contributed by atoms with Crippen LogP contribution in [0, 0.1) is 0 Å². The molecule has 1 aliphatic rings. The Kier molecular flexibility index (Phi) is 4.50. The van der Waals surface area contributed by atoms with Crippen LogP contribution in [0.3, 0.4) is 0 Å². The number of pyridine rings is 1. The molecule has 33 heavy (non-hydrogen) atoms. The molecule has 4 aromatic carbocycles. The molecule has 2 heterocycles. The van der Waals surface area contributed by atoms with Crippen molar-refractivity contribution in [2.45, 2.75) is 6.42 Å². The van der Waals surface area contributed by atoms with Crippen LogP contribution < -0.4 is 23.5 Å². The quantitative estimate of drug-likeness (QED) is 0.282. The summed E-state index contributed by atoms with van der Waals surface area (Å²) in [4.78, 5) is 0. The van der Waals surface area contributed by atoms with E-state index in [0.29, 0.717) is 0 Å². The zero-order valence-electron chi connectivity index (χ0n) is 18.8. The van der Waals surface area contributed by atoms with Crippen molar-refractivity contribution >= 4 is 32.4 Å². The number of ether oxygens (including phenoxy) is 4. The van der Waals surface area contributed by atoms with Gasteiger partial charge in [0.05, 0.1) is 30.4 Å². The van der Waals surface area contributed by atoms with E-state index in [0.717, 1.165) is 56.5 Å². The lowest BCUT2D eigenvalue weighted by molar-refractivity contribution is -0.642. The first-order valence-corrected chi connectivity index (χ1v) is 10.9. The van der Waals surface area contributed by atoms with Crippen LogP contribution in [0.25, 0.3) is 32.4 Å². The van der Waals surface area contributed by atoms with Crippen molar-refractivity contribution in [1.29, 1.82) is 0 Å². The minimum Gasteiger partial charge on any atom is -0.493 e. The topological polar surface area (TPSA) is 40.8 Å². The molecular weight excluding hydrogens is 414 g/mol. The highest BCUT2D eigenvalue weighted by Gasteiger charge is 2.24. The maximum Gasteiger partial charge on any atom is 0.231 e. The first-order valence-electron chi connectivity index (χ1n) is 10.9. The van der Waals surface area contributed by atoms with Crippen molar-refractivity contribution < 1.29 is 23.5 Å². The Morgan fingerprint density at radius 2 is 1.64 bits per heavy atom. The number of methoxy groups -OCH3 is 2. The van der Waals surface area contributed by atoms with E-state index >= 15 is 0 Å². The van der Waals surface area contributed by atoms with E-state index in [1.165, 1.54) is 16.5 Å². The van der Waals surface area contributed by atoms with E-state index in [-0.39, 0.29) is 6.79 Å². The molecule has 6 rings (SSSR count). The lowest BCUT2D eigenvalue weighted by Crippen LogP contribution is -2.29. The van der Waals surface area contributed by atoms with E-state index in [4.69, 9.17) is 18.9 Å². The number of aryl methyl sites for hydroxylation is 1. The van der Waals surface area contributed by atoms with Crippen molar-refractivity contribution in [3.8, 4) is 23.0 Å². The van der Waals surface area contributed by atoms with Gasteiger partial charge in [-0.3, -0.25) is 0 Å². The van der Waals surface area contributed by atoms with Crippen molar-refractivity contribution in [3.05, 3.63) is 78.0 Å². The molecule has 0 spiro atoms. The summed E-state index contributed by atoms with van der Waals surface area (Å²) < 4.78 is 24.9. The summed E-state index contributed by atoms with van der Waals surface area (Å²) in [7, 11) is 5.44. The van der Waals surface area contributed by atoms with Crippen LogP contribution in [0.2, 0.25) is 0 Å². The smallest absolute Gasteiger partial charge is 0.231 e. The Balaban J connectivity index is 1.77. The number of fused-ring (bicyclic) bond motifs is 6. The number of aromatic nitrogens is 1.